The number of esters is 1. The van der Waals surface area contributed by atoms with Crippen LogP contribution in [0.3, 0.4) is 0 Å². The van der Waals surface area contributed by atoms with Crippen LogP contribution < -0.4 is 0 Å². The molecule has 1 saturated carbocycles. The lowest BCUT2D eigenvalue weighted by Crippen LogP contribution is -2.32. The average molecular weight is 385 g/mol. The topological polar surface area (TPSA) is 26.3 Å². The molecule has 0 N–H and O–H groups in total. The summed E-state index contributed by atoms with van der Waals surface area (Å²) in [7, 11) is 0. The third kappa shape index (κ3) is 4.45. The molecule has 4 aliphatic carbocycles. The van der Waals surface area contributed by atoms with E-state index in [0.717, 1.165) is 30.9 Å². The maximum atomic E-state index is 12.3. The molecular weight excluding hydrogens is 352 g/mol. The first-order valence-corrected chi connectivity index (χ1v) is 11.9. The minimum atomic E-state index is -0.149. The maximum absolute atomic E-state index is 12.3. The fourth-order valence-corrected chi connectivity index (χ4v) is 6.12. The van der Waals surface area contributed by atoms with E-state index in [-0.39, 0.29) is 11.6 Å². The first-order valence-electron chi connectivity index (χ1n) is 10.7. The molecule has 0 saturated heterocycles. The van der Waals surface area contributed by atoms with E-state index in [1.165, 1.54) is 43.3 Å². The van der Waals surface area contributed by atoms with Crippen LogP contribution in [-0.4, -0.2) is 23.1 Å². The number of thioether (sulfide) groups is 1. The normalized spacial score (nSPS) is 30.9. The third-order valence-electron chi connectivity index (χ3n) is 6.88. The number of hydrogen-bond donors (Lipinski definition) is 0. The van der Waals surface area contributed by atoms with Gasteiger partial charge in [0, 0.05) is 5.75 Å². The SMILES string of the molecule is CCC1(OC(=O)CSC[C@H]2C=CC3=CC4=CC=CC[C@@H]4C[C@@H]3C2)CCCC1. The summed E-state index contributed by atoms with van der Waals surface area (Å²) >= 11 is 1.75. The van der Waals surface area contributed by atoms with E-state index in [1.807, 2.05) is 0 Å². The Morgan fingerprint density at radius 2 is 2.07 bits per heavy atom. The summed E-state index contributed by atoms with van der Waals surface area (Å²) in [5, 5.41) is 0. The number of carbonyl (C=O) groups is 1. The van der Waals surface area contributed by atoms with E-state index >= 15 is 0 Å². The summed E-state index contributed by atoms with van der Waals surface area (Å²) < 4.78 is 5.88. The van der Waals surface area contributed by atoms with Gasteiger partial charge in [0.25, 0.3) is 0 Å². The predicted molar refractivity (Wildman–Crippen MR) is 114 cm³/mol. The highest BCUT2D eigenvalue weighted by molar-refractivity contribution is 7.99. The van der Waals surface area contributed by atoms with E-state index in [4.69, 9.17) is 4.74 Å². The molecule has 0 aliphatic heterocycles. The maximum Gasteiger partial charge on any atom is 0.316 e. The highest BCUT2D eigenvalue weighted by Gasteiger charge is 2.36. The summed E-state index contributed by atoms with van der Waals surface area (Å²) in [6.07, 6.45) is 23.1. The molecule has 0 aromatic carbocycles. The van der Waals surface area contributed by atoms with Crippen LogP contribution in [0.4, 0.5) is 0 Å². The lowest BCUT2D eigenvalue weighted by molar-refractivity contribution is -0.156. The summed E-state index contributed by atoms with van der Waals surface area (Å²) in [4.78, 5) is 12.3. The van der Waals surface area contributed by atoms with Crippen LogP contribution in [0.15, 0.2) is 47.6 Å². The predicted octanol–water partition coefficient (Wildman–Crippen LogP) is 6.01. The molecule has 0 aromatic heterocycles. The van der Waals surface area contributed by atoms with Crippen LogP contribution in [0, 0.1) is 17.8 Å². The zero-order valence-electron chi connectivity index (χ0n) is 16.5. The lowest BCUT2D eigenvalue weighted by atomic mass is 9.70. The molecule has 3 heteroatoms. The minimum Gasteiger partial charge on any atom is -0.458 e. The molecule has 4 aliphatic rings. The Hall–Kier alpha value is -1.22. The molecule has 0 heterocycles. The van der Waals surface area contributed by atoms with Crippen molar-refractivity contribution >= 4 is 17.7 Å². The van der Waals surface area contributed by atoms with Gasteiger partial charge in [-0.1, -0.05) is 43.4 Å². The summed E-state index contributed by atoms with van der Waals surface area (Å²) in [5.74, 6) is 3.52. The molecular formula is C24H32O2S. The van der Waals surface area contributed by atoms with Gasteiger partial charge in [0.1, 0.15) is 5.60 Å². The number of ether oxygens (including phenoxy) is 1. The Morgan fingerprint density at radius 3 is 2.89 bits per heavy atom. The first-order chi connectivity index (χ1) is 13.2. The molecule has 27 heavy (non-hydrogen) atoms. The molecule has 4 rings (SSSR count). The highest BCUT2D eigenvalue weighted by atomic mass is 32.2. The van der Waals surface area contributed by atoms with Gasteiger partial charge in [-0.05, 0) is 80.3 Å². The average Bonchev–Trinajstić information content (AvgIpc) is 3.15. The molecule has 2 nitrogen and oxygen atoms in total. The van der Waals surface area contributed by atoms with Crippen LogP contribution in [0.2, 0.25) is 0 Å². The van der Waals surface area contributed by atoms with Crippen molar-refractivity contribution in [3.8, 4) is 0 Å². The fraction of sp³-hybridized carbons (Fsp3) is 0.625. The number of rotatable bonds is 6. The Morgan fingerprint density at radius 1 is 1.22 bits per heavy atom. The molecule has 3 atom stereocenters. The number of carbonyl (C=O) groups excluding carboxylic acids is 1. The van der Waals surface area contributed by atoms with Gasteiger partial charge in [-0.15, -0.1) is 11.8 Å². The Balaban J connectivity index is 1.25. The van der Waals surface area contributed by atoms with E-state index in [0.29, 0.717) is 17.6 Å². The zero-order valence-corrected chi connectivity index (χ0v) is 17.3. The second kappa shape index (κ2) is 8.43. The van der Waals surface area contributed by atoms with Crippen molar-refractivity contribution in [1.82, 2.24) is 0 Å². The van der Waals surface area contributed by atoms with Gasteiger partial charge in [-0.25, -0.2) is 0 Å². The number of allylic oxidation sites excluding steroid dienone is 8. The summed E-state index contributed by atoms with van der Waals surface area (Å²) in [5.41, 5.74) is 2.88. The van der Waals surface area contributed by atoms with Gasteiger partial charge in [0.2, 0.25) is 0 Å². The van der Waals surface area contributed by atoms with Gasteiger partial charge in [-0.3, -0.25) is 4.79 Å². The molecule has 0 bridgehead atoms. The minimum absolute atomic E-state index is 0.00874. The highest BCUT2D eigenvalue weighted by Crippen LogP contribution is 2.43. The molecule has 0 amide bonds. The van der Waals surface area contributed by atoms with Crippen molar-refractivity contribution in [3.05, 3.63) is 47.6 Å². The van der Waals surface area contributed by atoms with Crippen LogP contribution in [0.1, 0.15) is 58.3 Å². The monoisotopic (exact) mass is 384 g/mol. The van der Waals surface area contributed by atoms with Gasteiger partial charge >= 0.3 is 5.97 Å². The van der Waals surface area contributed by atoms with Crippen molar-refractivity contribution in [1.29, 1.82) is 0 Å². The van der Waals surface area contributed by atoms with E-state index in [1.54, 1.807) is 11.8 Å². The molecule has 0 spiro atoms. The van der Waals surface area contributed by atoms with E-state index in [2.05, 4.69) is 43.4 Å². The molecule has 146 valence electrons. The van der Waals surface area contributed by atoms with Crippen molar-refractivity contribution in [3.63, 3.8) is 0 Å². The van der Waals surface area contributed by atoms with E-state index in [9.17, 15) is 4.79 Å². The van der Waals surface area contributed by atoms with E-state index < -0.39 is 0 Å². The van der Waals surface area contributed by atoms with Crippen LogP contribution in [0.5, 0.6) is 0 Å². The number of hydrogen-bond acceptors (Lipinski definition) is 3. The molecule has 0 radical (unpaired) electrons. The number of fused-ring (bicyclic) bond motifs is 2. The van der Waals surface area contributed by atoms with Gasteiger partial charge in [0.15, 0.2) is 0 Å². The Bertz CT molecular complexity index is 678. The molecule has 1 fully saturated rings. The van der Waals surface area contributed by atoms with Crippen molar-refractivity contribution in [2.75, 3.05) is 11.5 Å². The largest absolute Gasteiger partial charge is 0.458 e. The van der Waals surface area contributed by atoms with Crippen LogP contribution >= 0.6 is 11.8 Å². The lowest BCUT2D eigenvalue weighted by Gasteiger charge is -2.35. The van der Waals surface area contributed by atoms with Crippen LogP contribution in [-0.2, 0) is 9.53 Å². The summed E-state index contributed by atoms with van der Waals surface area (Å²) in [6, 6.07) is 0. The van der Waals surface area contributed by atoms with Gasteiger partial charge in [0.05, 0.1) is 5.75 Å². The smallest absolute Gasteiger partial charge is 0.316 e. The second-order valence-electron chi connectivity index (χ2n) is 8.69. The standard InChI is InChI=1S/C24H32O2S/c1-2-24(11-5-6-12-24)26-23(25)17-27-16-18-9-10-21-14-19-7-3-4-8-20(19)15-22(21)13-18/h3-4,7,9-10,14,18,20,22H,2,5-6,8,11-13,15-17H2,1H3/t18-,20+,22-/m0/s1. The summed E-state index contributed by atoms with van der Waals surface area (Å²) in [6.45, 7) is 2.15. The van der Waals surface area contributed by atoms with Crippen molar-refractivity contribution in [2.45, 2.75) is 63.9 Å². The Labute approximate surface area is 168 Å². The second-order valence-corrected chi connectivity index (χ2v) is 9.72. The zero-order chi connectivity index (χ0) is 18.7. The van der Waals surface area contributed by atoms with Crippen molar-refractivity contribution in [2.24, 2.45) is 17.8 Å². The third-order valence-corrected chi connectivity index (χ3v) is 7.98. The fourth-order valence-electron chi connectivity index (χ4n) is 5.23. The van der Waals surface area contributed by atoms with Crippen LogP contribution in [0.25, 0.3) is 0 Å². The first kappa shape index (κ1) is 19.1. The molecule has 0 unspecified atom stereocenters. The quantitative estimate of drug-likeness (QED) is 0.525. The van der Waals surface area contributed by atoms with Gasteiger partial charge < -0.3 is 4.74 Å². The van der Waals surface area contributed by atoms with Gasteiger partial charge in [-0.2, -0.15) is 0 Å². The Kier molecular flexibility index (Phi) is 5.96. The van der Waals surface area contributed by atoms with Crippen molar-refractivity contribution < 1.29 is 9.53 Å². The molecule has 0 aromatic rings.